The van der Waals surface area contributed by atoms with Crippen LogP contribution in [-0.2, 0) is 7.05 Å². The number of fused-ring (bicyclic) bond motifs is 1. The van der Waals surface area contributed by atoms with Crippen molar-refractivity contribution in [2.24, 2.45) is 7.05 Å². The summed E-state index contributed by atoms with van der Waals surface area (Å²) < 4.78 is 6.82. The first-order valence-corrected chi connectivity index (χ1v) is 4.22. The summed E-state index contributed by atoms with van der Waals surface area (Å²) in [5, 5.41) is 5.02. The Hall–Kier alpha value is -1.84. The Morgan fingerprint density at radius 1 is 1.50 bits per heavy atom. The van der Waals surface area contributed by atoms with E-state index in [4.69, 9.17) is 4.74 Å². The summed E-state index contributed by atoms with van der Waals surface area (Å²) >= 11 is 0. The normalized spacial score (nSPS) is 10.4. The minimum Gasteiger partial charge on any atom is -0.479 e. The van der Waals surface area contributed by atoms with Crippen LogP contribution < -0.4 is 4.74 Å². The lowest BCUT2D eigenvalue weighted by molar-refractivity contribution is 0.112. The fourth-order valence-electron chi connectivity index (χ4n) is 1.48. The molecule has 0 unspecified atom stereocenters. The molecule has 72 valence electrons. The first-order chi connectivity index (χ1) is 6.76. The number of ether oxygens (including phenoxy) is 1. The van der Waals surface area contributed by atoms with Gasteiger partial charge in [-0.3, -0.25) is 9.48 Å². The van der Waals surface area contributed by atoms with E-state index in [1.165, 1.54) is 0 Å². The maximum Gasteiger partial charge on any atom is 0.240 e. The van der Waals surface area contributed by atoms with Gasteiger partial charge in [-0.2, -0.15) is 0 Å². The van der Waals surface area contributed by atoms with E-state index in [1.54, 1.807) is 23.9 Å². The van der Waals surface area contributed by atoms with E-state index in [0.29, 0.717) is 11.4 Å². The molecule has 14 heavy (non-hydrogen) atoms. The summed E-state index contributed by atoms with van der Waals surface area (Å²) in [6.45, 7) is 0. The summed E-state index contributed by atoms with van der Waals surface area (Å²) in [5.74, 6) is 0.547. The van der Waals surface area contributed by atoms with E-state index in [0.717, 1.165) is 17.2 Å². The Bertz CT molecular complexity index is 488. The fraction of sp³-hybridized carbons (Fsp3) is 0.200. The Kier molecular flexibility index (Phi) is 1.96. The van der Waals surface area contributed by atoms with Gasteiger partial charge in [-0.1, -0.05) is 0 Å². The number of benzene rings is 1. The number of carbonyl (C=O) groups is 1. The number of hydrogen-bond donors (Lipinski definition) is 0. The molecule has 0 fully saturated rings. The second-order valence-corrected chi connectivity index (χ2v) is 3.03. The molecule has 0 aliphatic heterocycles. The molecular weight excluding hydrogens is 180 g/mol. The average Bonchev–Trinajstić information content (AvgIpc) is 2.55. The van der Waals surface area contributed by atoms with Crippen molar-refractivity contribution < 1.29 is 9.53 Å². The Balaban J connectivity index is 2.77. The highest BCUT2D eigenvalue weighted by Crippen LogP contribution is 2.24. The van der Waals surface area contributed by atoms with Gasteiger partial charge in [-0.25, -0.2) is 0 Å². The van der Waals surface area contributed by atoms with Gasteiger partial charge in [-0.05, 0) is 18.2 Å². The molecule has 1 heterocycles. The van der Waals surface area contributed by atoms with E-state index in [2.05, 4.69) is 5.10 Å². The van der Waals surface area contributed by atoms with Crippen molar-refractivity contribution >= 4 is 17.2 Å². The van der Waals surface area contributed by atoms with Crippen LogP contribution in [0.5, 0.6) is 5.88 Å². The van der Waals surface area contributed by atoms with Crippen molar-refractivity contribution in [2.75, 3.05) is 7.11 Å². The van der Waals surface area contributed by atoms with Crippen LogP contribution in [-0.4, -0.2) is 23.2 Å². The molecule has 2 aromatic rings. The van der Waals surface area contributed by atoms with Crippen LogP contribution in [0.2, 0.25) is 0 Å². The van der Waals surface area contributed by atoms with Gasteiger partial charge in [-0.15, -0.1) is 5.10 Å². The zero-order chi connectivity index (χ0) is 10.1. The van der Waals surface area contributed by atoms with Gasteiger partial charge in [0.2, 0.25) is 5.88 Å². The van der Waals surface area contributed by atoms with Crippen LogP contribution in [0.3, 0.4) is 0 Å². The van der Waals surface area contributed by atoms with E-state index >= 15 is 0 Å². The zero-order valence-corrected chi connectivity index (χ0v) is 8.02. The van der Waals surface area contributed by atoms with Crippen molar-refractivity contribution in [3.63, 3.8) is 0 Å². The molecule has 0 atom stereocenters. The summed E-state index contributed by atoms with van der Waals surface area (Å²) in [6, 6.07) is 5.39. The highest BCUT2D eigenvalue weighted by molar-refractivity contribution is 5.90. The molecule has 0 saturated heterocycles. The number of rotatable bonds is 2. The molecule has 0 saturated carbocycles. The largest absolute Gasteiger partial charge is 0.479 e. The summed E-state index contributed by atoms with van der Waals surface area (Å²) in [5.41, 5.74) is 1.58. The van der Waals surface area contributed by atoms with Crippen molar-refractivity contribution in [2.45, 2.75) is 0 Å². The van der Waals surface area contributed by atoms with Gasteiger partial charge >= 0.3 is 0 Å². The van der Waals surface area contributed by atoms with E-state index < -0.39 is 0 Å². The lowest BCUT2D eigenvalue weighted by Crippen LogP contribution is -1.90. The lowest BCUT2D eigenvalue weighted by atomic mass is 10.2. The number of nitrogens with zero attached hydrogens (tertiary/aromatic N) is 2. The highest BCUT2D eigenvalue weighted by Gasteiger charge is 2.08. The number of aromatic nitrogens is 2. The second-order valence-electron chi connectivity index (χ2n) is 3.03. The highest BCUT2D eigenvalue weighted by atomic mass is 16.5. The Labute approximate surface area is 81.1 Å². The lowest BCUT2D eigenvalue weighted by Gasteiger charge is -1.94. The third-order valence-electron chi connectivity index (χ3n) is 2.17. The maximum absolute atomic E-state index is 10.6. The van der Waals surface area contributed by atoms with Crippen LogP contribution in [0, 0.1) is 0 Å². The zero-order valence-electron chi connectivity index (χ0n) is 8.02. The SMILES string of the molecule is COc1nn(C)c2ccc(C=O)cc12. The van der Waals surface area contributed by atoms with E-state index in [1.807, 2.05) is 13.1 Å². The van der Waals surface area contributed by atoms with Crippen molar-refractivity contribution in [1.29, 1.82) is 0 Å². The first kappa shape index (κ1) is 8.74. The van der Waals surface area contributed by atoms with Crippen LogP contribution in [0.1, 0.15) is 10.4 Å². The van der Waals surface area contributed by atoms with Gasteiger partial charge < -0.3 is 4.74 Å². The minimum atomic E-state index is 0.547. The molecule has 0 bridgehead atoms. The molecule has 0 amide bonds. The monoisotopic (exact) mass is 190 g/mol. The van der Waals surface area contributed by atoms with Crippen LogP contribution >= 0.6 is 0 Å². The summed E-state index contributed by atoms with van der Waals surface area (Å²) in [7, 11) is 3.40. The topological polar surface area (TPSA) is 44.1 Å². The van der Waals surface area contributed by atoms with E-state index in [-0.39, 0.29) is 0 Å². The van der Waals surface area contributed by atoms with Crippen LogP contribution in [0.15, 0.2) is 18.2 Å². The quantitative estimate of drug-likeness (QED) is 0.672. The fourth-order valence-corrected chi connectivity index (χ4v) is 1.48. The molecule has 0 radical (unpaired) electrons. The molecule has 0 aliphatic rings. The number of hydrogen-bond acceptors (Lipinski definition) is 3. The smallest absolute Gasteiger partial charge is 0.240 e. The van der Waals surface area contributed by atoms with Crippen molar-refractivity contribution in [1.82, 2.24) is 9.78 Å². The van der Waals surface area contributed by atoms with Crippen LogP contribution in [0.25, 0.3) is 10.9 Å². The summed E-state index contributed by atoms with van der Waals surface area (Å²) in [6.07, 6.45) is 0.811. The predicted octanol–water partition coefficient (Wildman–Crippen LogP) is 1.39. The third-order valence-corrected chi connectivity index (χ3v) is 2.17. The number of aldehydes is 1. The van der Waals surface area contributed by atoms with Gasteiger partial charge in [0.25, 0.3) is 0 Å². The third kappa shape index (κ3) is 1.16. The molecule has 0 N–H and O–H groups in total. The molecular formula is C10H10N2O2. The molecule has 1 aromatic heterocycles. The predicted molar refractivity (Wildman–Crippen MR) is 52.7 cm³/mol. The minimum absolute atomic E-state index is 0.547. The average molecular weight is 190 g/mol. The van der Waals surface area contributed by atoms with Crippen molar-refractivity contribution in [3.8, 4) is 5.88 Å². The first-order valence-electron chi connectivity index (χ1n) is 4.22. The summed E-state index contributed by atoms with van der Waals surface area (Å²) in [4.78, 5) is 10.6. The number of aryl methyl sites for hydroxylation is 1. The molecule has 2 rings (SSSR count). The molecule has 0 spiro atoms. The molecule has 4 nitrogen and oxygen atoms in total. The van der Waals surface area contributed by atoms with Gasteiger partial charge in [0.15, 0.2) is 0 Å². The standard InChI is InChI=1S/C10H10N2O2/c1-12-9-4-3-7(6-13)5-8(9)10(11-12)14-2/h3-6H,1-2H3. The molecule has 0 aliphatic carbocycles. The molecule has 4 heteroatoms. The number of carbonyl (C=O) groups excluding carboxylic acids is 1. The maximum atomic E-state index is 10.6. The van der Waals surface area contributed by atoms with Gasteiger partial charge in [0.05, 0.1) is 18.0 Å². The van der Waals surface area contributed by atoms with Crippen molar-refractivity contribution in [3.05, 3.63) is 23.8 Å². The van der Waals surface area contributed by atoms with E-state index in [9.17, 15) is 4.79 Å². The number of methoxy groups -OCH3 is 1. The van der Waals surface area contributed by atoms with Gasteiger partial charge in [0.1, 0.15) is 6.29 Å². The van der Waals surface area contributed by atoms with Gasteiger partial charge in [0, 0.05) is 12.6 Å². The second kappa shape index (κ2) is 3.14. The Morgan fingerprint density at radius 3 is 2.93 bits per heavy atom. The van der Waals surface area contributed by atoms with Crippen LogP contribution in [0.4, 0.5) is 0 Å². The Morgan fingerprint density at radius 2 is 2.29 bits per heavy atom. The molecule has 1 aromatic carbocycles.